The monoisotopic (exact) mass is 312 g/mol. The molecule has 2 atom stereocenters. The average molecular weight is 312 g/mol. The molecule has 0 aliphatic carbocycles. The fourth-order valence-electron chi connectivity index (χ4n) is 2.98. The highest BCUT2D eigenvalue weighted by Crippen LogP contribution is 2.32. The molecule has 1 saturated heterocycles. The van der Waals surface area contributed by atoms with Gasteiger partial charge in [0.25, 0.3) is 10.2 Å². The Morgan fingerprint density at radius 1 is 1.33 bits per heavy atom. The maximum atomic E-state index is 12.6. The van der Waals surface area contributed by atoms with Gasteiger partial charge in [0.05, 0.1) is 12.6 Å². The van der Waals surface area contributed by atoms with E-state index in [4.69, 9.17) is 4.74 Å². The van der Waals surface area contributed by atoms with Crippen LogP contribution in [0.5, 0.6) is 5.75 Å². The summed E-state index contributed by atoms with van der Waals surface area (Å²) in [6, 6.07) is 6.74. The number of nitrogens with zero attached hydrogens (tertiary/aromatic N) is 1. The molecule has 0 amide bonds. The third-order valence-corrected chi connectivity index (χ3v) is 5.76. The molecule has 1 aromatic rings. The predicted molar refractivity (Wildman–Crippen MR) is 78.2 cm³/mol. The van der Waals surface area contributed by atoms with Gasteiger partial charge in [-0.1, -0.05) is 24.6 Å². The summed E-state index contributed by atoms with van der Waals surface area (Å²) in [6.07, 6.45) is 2.48. The highest BCUT2D eigenvalue weighted by atomic mass is 32.2. The summed E-state index contributed by atoms with van der Waals surface area (Å²) in [5.41, 5.74) is 0.860. The minimum Gasteiger partial charge on any atom is -0.491 e. The van der Waals surface area contributed by atoms with Gasteiger partial charge < -0.3 is 9.84 Å². The molecule has 2 aliphatic heterocycles. The van der Waals surface area contributed by atoms with Crippen LogP contribution in [-0.2, 0) is 10.2 Å². The molecule has 2 aliphatic rings. The molecular weight excluding hydrogens is 292 g/mol. The number of hydrogen-bond acceptors (Lipinski definition) is 4. The third kappa shape index (κ3) is 2.91. The number of para-hydroxylation sites is 1. The maximum Gasteiger partial charge on any atom is 0.280 e. The number of aliphatic hydroxyl groups is 1. The van der Waals surface area contributed by atoms with Crippen molar-refractivity contribution < 1.29 is 18.3 Å². The number of benzene rings is 1. The van der Waals surface area contributed by atoms with Gasteiger partial charge in [-0.2, -0.15) is 17.4 Å². The van der Waals surface area contributed by atoms with E-state index in [1.807, 2.05) is 24.3 Å². The number of rotatable bonds is 4. The summed E-state index contributed by atoms with van der Waals surface area (Å²) in [4.78, 5) is 0. The number of ether oxygens (including phenoxy) is 1. The van der Waals surface area contributed by atoms with E-state index in [1.165, 1.54) is 4.31 Å². The Balaban J connectivity index is 1.78. The molecule has 116 valence electrons. The highest BCUT2D eigenvalue weighted by Gasteiger charge is 2.35. The molecule has 0 saturated carbocycles. The molecule has 1 aromatic carbocycles. The molecular formula is C14H20N2O4S. The minimum atomic E-state index is -3.63. The van der Waals surface area contributed by atoms with Crippen LogP contribution >= 0.6 is 0 Å². The molecule has 0 spiro atoms. The van der Waals surface area contributed by atoms with Crippen molar-refractivity contribution >= 4 is 10.2 Å². The summed E-state index contributed by atoms with van der Waals surface area (Å²) in [5.74, 6) is 0.725. The fourth-order valence-corrected chi connectivity index (χ4v) is 4.60. The molecule has 6 nitrogen and oxygen atoms in total. The van der Waals surface area contributed by atoms with Gasteiger partial charge in [-0.3, -0.25) is 0 Å². The number of fused-ring (bicyclic) bond motifs is 1. The summed E-state index contributed by atoms with van der Waals surface area (Å²) in [6.45, 7) is 0.616. The Bertz CT molecular complexity index is 605. The van der Waals surface area contributed by atoms with Crippen LogP contribution in [0.1, 0.15) is 30.9 Å². The molecule has 0 radical (unpaired) electrons. The van der Waals surface area contributed by atoms with Crippen LogP contribution in [0.3, 0.4) is 0 Å². The third-order valence-electron chi connectivity index (χ3n) is 4.08. The van der Waals surface area contributed by atoms with Crippen molar-refractivity contribution in [3.05, 3.63) is 29.8 Å². The number of hydrogen-bond donors (Lipinski definition) is 2. The SMILES string of the molecule is O=S(=O)(NC1COc2ccccc21)N1CCCCC1CO. The lowest BCUT2D eigenvalue weighted by Crippen LogP contribution is -2.51. The van der Waals surface area contributed by atoms with Crippen molar-refractivity contribution in [2.45, 2.75) is 31.3 Å². The maximum absolute atomic E-state index is 12.6. The zero-order chi connectivity index (χ0) is 14.9. The first kappa shape index (κ1) is 14.8. The van der Waals surface area contributed by atoms with Gasteiger partial charge in [-0.25, -0.2) is 0 Å². The molecule has 1 fully saturated rings. The van der Waals surface area contributed by atoms with Gasteiger partial charge in [0.2, 0.25) is 0 Å². The Morgan fingerprint density at radius 2 is 2.14 bits per heavy atom. The Kier molecular flexibility index (Phi) is 4.17. The van der Waals surface area contributed by atoms with E-state index >= 15 is 0 Å². The predicted octanol–water partition coefficient (Wildman–Crippen LogP) is 0.801. The van der Waals surface area contributed by atoms with E-state index in [9.17, 15) is 13.5 Å². The van der Waals surface area contributed by atoms with E-state index < -0.39 is 10.2 Å². The lowest BCUT2D eigenvalue weighted by molar-refractivity contribution is 0.153. The summed E-state index contributed by atoms with van der Waals surface area (Å²) < 4.78 is 34.7. The lowest BCUT2D eigenvalue weighted by Gasteiger charge is -2.34. The second-order valence-corrected chi connectivity index (χ2v) is 7.12. The number of piperidine rings is 1. The van der Waals surface area contributed by atoms with Crippen molar-refractivity contribution in [1.82, 2.24) is 9.03 Å². The zero-order valence-electron chi connectivity index (χ0n) is 11.7. The van der Waals surface area contributed by atoms with Gasteiger partial charge in [0.15, 0.2) is 0 Å². The van der Waals surface area contributed by atoms with Gasteiger partial charge >= 0.3 is 0 Å². The van der Waals surface area contributed by atoms with Crippen LogP contribution in [0.15, 0.2) is 24.3 Å². The van der Waals surface area contributed by atoms with Crippen LogP contribution in [0.25, 0.3) is 0 Å². The van der Waals surface area contributed by atoms with E-state index in [0.29, 0.717) is 19.6 Å². The molecule has 2 heterocycles. The summed E-state index contributed by atoms with van der Waals surface area (Å²) >= 11 is 0. The number of nitrogens with one attached hydrogen (secondary N) is 1. The Labute approximate surface area is 124 Å². The first-order valence-electron chi connectivity index (χ1n) is 7.23. The van der Waals surface area contributed by atoms with E-state index in [-0.39, 0.29) is 18.7 Å². The Hall–Kier alpha value is -1.15. The smallest absolute Gasteiger partial charge is 0.280 e. The van der Waals surface area contributed by atoms with Crippen molar-refractivity contribution in [3.8, 4) is 5.75 Å². The van der Waals surface area contributed by atoms with Crippen LogP contribution < -0.4 is 9.46 Å². The molecule has 21 heavy (non-hydrogen) atoms. The van der Waals surface area contributed by atoms with Crippen LogP contribution in [0, 0.1) is 0 Å². The summed E-state index contributed by atoms with van der Waals surface area (Å²) in [5, 5.41) is 9.38. The van der Waals surface area contributed by atoms with Gasteiger partial charge in [-0.05, 0) is 18.9 Å². The van der Waals surface area contributed by atoms with Gasteiger partial charge in [0, 0.05) is 18.2 Å². The highest BCUT2D eigenvalue weighted by molar-refractivity contribution is 7.87. The quantitative estimate of drug-likeness (QED) is 0.862. The minimum absolute atomic E-state index is 0.140. The lowest BCUT2D eigenvalue weighted by atomic mass is 10.1. The molecule has 0 aromatic heterocycles. The normalized spacial score (nSPS) is 26.3. The topological polar surface area (TPSA) is 78.9 Å². The Morgan fingerprint density at radius 3 is 2.95 bits per heavy atom. The molecule has 0 bridgehead atoms. The molecule has 2 unspecified atom stereocenters. The van der Waals surface area contributed by atoms with Crippen molar-refractivity contribution in [3.63, 3.8) is 0 Å². The van der Waals surface area contributed by atoms with Crippen LogP contribution in [0.2, 0.25) is 0 Å². The first-order chi connectivity index (χ1) is 10.1. The summed E-state index contributed by atoms with van der Waals surface area (Å²) in [7, 11) is -3.63. The van der Waals surface area contributed by atoms with E-state index in [1.54, 1.807) is 0 Å². The average Bonchev–Trinajstić information content (AvgIpc) is 2.90. The second kappa shape index (κ2) is 5.92. The first-order valence-corrected chi connectivity index (χ1v) is 8.67. The second-order valence-electron chi connectivity index (χ2n) is 5.47. The van der Waals surface area contributed by atoms with Gasteiger partial charge in [-0.15, -0.1) is 0 Å². The van der Waals surface area contributed by atoms with Gasteiger partial charge in [0.1, 0.15) is 12.4 Å². The van der Waals surface area contributed by atoms with E-state index in [0.717, 1.165) is 24.2 Å². The van der Waals surface area contributed by atoms with Crippen LogP contribution in [-0.4, -0.2) is 43.6 Å². The molecule has 3 rings (SSSR count). The van der Waals surface area contributed by atoms with Crippen molar-refractivity contribution in [2.75, 3.05) is 19.8 Å². The largest absolute Gasteiger partial charge is 0.491 e. The van der Waals surface area contributed by atoms with Crippen molar-refractivity contribution in [1.29, 1.82) is 0 Å². The van der Waals surface area contributed by atoms with Crippen molar-refractivity contribution in [2.24, 2.45) is 0 Å². The van der Waals surface area contributed by atoms with Crippen LogP contribution in [0.4, 0.5) is 0 Å². The molecule has 2 N–H and O–H groups in total. The van der Waals surface area contributed by atoms with E-state index in [2.05, 4.69) is 4.72 Å². The zero-order valence-corrected chi connectivity index (χ0v) is 12.6. The standard InChI is InChI=1S/C14H20N2O4S/c17-9-11-5-3-4-8-16(11)21(18,19)15-13-10-20-14-7-2-1-6-12(13)14/h1-2,6-7,11,13,15,17H,3-5,8-10H2. The molecule has 7 heteroatoms. The number of aliphatic hydroxyl groups excluding tert-OH is 1. The fraction of sp³-hybridized carbons (Fsp3) is 0.571.